The van der Waals surface area contributed by atoms with Gasteiger partial charge in [0.15, 0.2) is 0 Å². The summed E-state index contributed by atoms with van der Waals surface area (Å²) in [4.78, 5) is 0. The molecule has 1 N–H and O–H groups in total. The fourth-order valence-corrected chi connectivity index (χ4v) is 2.86. The molecular formula is C14H17Br2N3O. The van der Waals surface area contributed by atoms with Crippen LogP contribution in [0.4, 0.5) is 0 Å². The first-order chi connectivity index (χ1) is 9.52. The van der Waals surface area contributed by atoms with Crippen molar-refractivity contribution < 1.29 is 4.74 Å². The Morgan fingerprint density at radius 3 is 2.70 bits per heavy atom. The molecule has 0 spiro atoms. The lowest BCUT2D eigenvalue weighted by molar-refractivity contribution is 0.290. The van der Waals surface area contributed by atoms with Gasteiger partial charge in [0.05, 0.1) is 15.9 Å². The normalized spacial score (nSPS) is 10.8. The lowest BCUT2D eigenvalue weighted by Gasteiger charge is -2.12. The fourth-order valence-electron chi connectivity index (χ4n) is 2.00. The van der Waals surface area contributed by atoms with Gasteiger partial charge in [-0.05, 0) is 48.1 Å². The van der Waals surface area contributed by atoms with E-state index < -0.39 is 0 Å². The van der Waals surface area contributed by atoms with Crippen molar-refractivity contribution in [3.8, 4) is 5.75 Å². The van der Waals surface area contributed by atoms with Crippen LogP contribution in [0.5, 0.6) is 5.75 Å². The van der Waals surface area contributed by atoms with Gasteiger partial charge >= 0.3 is 0 Å². The van der Waals surface area contributed by atoms with Crippen molar-refractivity contribution in [2.24, 2.45) is 7.05 Å². The molecule has 0 fully saturated rings. The number of aryl methyl sites for hydroxylation is 2. The van der Waals surface area contributed by atoms with Gasteiger partial charge in [-0.15, -0.1) is 0 Å². The summed E-state index contributed by atoms with van der Waals surface area (Å²) in [6, 6.07) is 6.03. The average Bonchev–Trinajstić information content (AvgIpc) is 2.64. The maximum atomic E-state index is 5.95. The van der Waals surface area contributed by atoms with Gasteiger partial charge in [-0.2, -0.15) is 5.10 Å². The van der Waals surface area contributed by atoms with E-state index in [1.54, 1.807) is 0 Å². The van der Waals surface area contributed by atoms with Crippen LogP contribution < -0.4 is 10.1 Å². The molecule has 0 aliphatic carbocycles. The Bertz CT molecular complexity index is 611. The Morgan fingerprint density at radius 2 is 2.10 bits per heavy atom. The highest BCUT2D eigenvalue weighted by Gasteiger charge is 2.12. The van der Waals surface area contributed by atoms with Crippen molar-refractivity contribution in [2.75, 3.05) is 7.05 Å². The molecule has 4 nitrogen and oxygen atoms in total. The Morgan fingerprint density at radius 1 is 1.35 bits per heavy atom. The standard InChI is InChI=1S/C14H17Br2N3O/c1-9-14(16)12(19(3)18-9)8-20-13-5-4-11(15)6-10(13)7-17-2/h4-6,17H,7-8H2,1-3H3. The molecule has 0 unspecified atom stereocenters. The molecule has 0 atom stereocenters. The van der Waals surface area contributed by atoms with Crippen LogP contribution in [0.15, 0.2) is 27.1 Å². The minimum absolute atomic E-state index is 0.482. The van der Waals surface area contributed by atoms with E-state index in [2.05, 4.69) is 48.3 Å². The first kappa shape index (κ1) is 15.5. The van der Waals surface area contributed by atoms with E-state index in [-0.39, 0.29) is 0 Å². The molecule has 2 aromatic rings. The number of benzene rings is 1. The van der Waals surface area contributed by atoms with Crippen LogP contribution in [-0.2, 0) is 20.2 Å². The van der Waals surface area contributed by atoms with Crippen LogP contribution in [-0.4, -0.2) is 16.8 Å². The summed E-state index contributed by atoms with van der Waals surface area (Å²) in [6.07, 6.45) is 0. The second-order valence-corrected chi connectivity index (χ2v) is 6.25. The molecule has 1 aromatic carbocycles. The summed E-state index contributed by atoms with van der Waals surface area (Å²) in [6.45, 7) is 3.22. The van der Waals surface area contributed by atoms with Crippen LogP contribution in [0.25, 0.3) is 0 Å². The third-order valence-electron chi connectivity index (χ3n) is 3.02. The number of ether oxygens (including phenoxy) is 1. The van der Waals surface area contributed by atoms with Crippen molar-refractivity contribution in [1.29, 1.82) is 0 Å². The van der Waals surface area contributed by atoms with Gasteiger partial charge in [0.1, 0.15) is 12.4 Å². The predicted octanol–water partition coefficient (Wildman–Crippen LogP) is 3.55. The molecule has 1 heterocycles. The van der Waals surface area contributed by atoms with Gasteiger partial charge in [-0.1, -0.05) is 15.9 Å². The van der Waals surface area contributed by atoms with Crippen LogP contribution in [0.2, 0.25) is 0 Å². The fraction of sp³-hybridized carbons (Fsp3) is 0.357. The SMILES string of the molecule is CNCc1cc(Br)ccc1OCc1c(Br)c(C)nn1C. The Balaban J connectivity index is 2.18. The van der Waals surface area contributed by atoms with E-state index in [1.807, 2.05) is 37.8 Å². The molecule has 108 valence electrons. The Kier molecular flexibility index (Phi) is 5.23. The summed E-state index contributed by atoms with van der Waals surface area (Å²) in [5, 5.41) is 7.51. The van der Waals surface area contributed by atoms with E-state index in [1.165, 1.54) is 0 Å². The molecule has 0 aliphatic heterocycles. The molecule has 0 radical (unpaired) electrons. The lowest BCUT2D eigenvalue weighted by Crippen LogP contribution is -2.09. The van der Waals surface area contributed by atoms with Crippen LogP contribution >= 0.6 is 31.9 Å². The lowest BCUT2D eigenvalue weighted by atomic mass is 10.2. The van der Waals surface area contributed by atoms with Gasteiger partial charge < -0.3 is 10.1 Å². The molecular weight excluding hydrogens is 386 g/mol. The van der Waals surface area contributed by atoms with Gasteiger partial charge in [0.2, 0.25) is 0 Å². The van der Waals surface area contributed by atoms with Gasteiger partial charge in [-0.3, -0.25) is 4.68 Å². The quantitative estimate of drug-likeness (QED) is 0.831. The number of hydrogen-bond donors (Lipinski definition) is 1. The van der Waals surface area contributed by atoms with Crippen molar-refractivity contribution >= 4 is 31.9 Å². The molecule has 0 amide bonds. The molecule has 1 aromatic heterocycles. The highest BCUT2D eigenvalue weighted by Crippen LogP contribution is 2.26. The summed E-state index contributed by atoms with van der Waals surface area (Å²) < 4.78 is 9.85. The molecule has 20 heavy (non-hydrogen) atoms. The molecule has 0 bridgehead atoms. The zero-order valence-corrected chi connectivity index (χ0v) is 14.9. The number of hydrogen-bond acceptors (Lipinski definition) is 3. The number of nitrogens with one attached hydrogen (secondary N) is 1. The molecule has 6 heteroatoms. The second-order valence-electron chi connectivity index (χ2n) is 4.54. The molecule has 0 saturated heterocycles. The topological polar surface area (TPSA) is 39.1 Å². The predicted molar refractivity (Wildman–Crippen MR) is 86.9 cm³/mol. The van der Waals surface area contributed by atoms with Crippen LogP contribution in [0, 0.1) is 6.92 Å². The smallest absolute Gasteiger partial charge is 0.131 e. The van der Waals surface area contributed by atoms with Gasteiger partial charge in [-0.25, -0.2) is 0 Å². The van der Waals surface area contributed by atoms with E-state index in [0.29, 0.717) is 6.61 Å². The van der Waals surface area contributed by atoms with Crippen LogP contribution in [0.1, 0.15) is 17.0 Å². The maximum Gasteiger partial charge on any atom is 0.131 e. The maximum absolute atomic E-state index is 5.95. The van der Waals surface area contributed by atoms with E-state index in [4.69, 9.17) is 4.74 Å². The number of rotatable bonds is 5. The Hall–Kier alpha value is -0.850. The van der Waals surface area contributed by atoms with Crippen molar-refractivity contribution in [3.63, 3.8) is 0 Å². The van der Waals surface area contributed by atoms with E-state index in [0.717, 1.165) is 38.2 Å². The van der Waals surface area contributed by atoms with Gasteiger partial charge in [0.25, 0.3) is 0 Å². The van der Waals surface area contributed by atoms with E-state index in [9.17, 15) is 0 Å². The van der Waals surface area contributed by atoms with E-state index >= 15 is 0 Å². The zero-order chi connectivity index (χ0) is 14.7. The number of aromatic nitrogens is 2. The highest BCUT2D eigenvalue weighted by molar-refractivity contribution is 9.10. The van der Waals surface area contributed by atoms with Crippen molar-refractivity contribution in [1.82, 2.24) is 15.1 Å². The minimum Gasteiger partial charge on any atom is -0.487 e. The monoisotopic (exact) mass is 401 g/mol. The zero-order valence-electron chi connectivity index (χ0n) is 11.7. The highest BCUT2D eigenvalue weighted by atomic mass is 79.9. The third-order valence-corrected chi connectivity index (χ3v) is 4.54. The summed E-state index contributed by atoms with van der Waals surface area (Å²) in [5.74, 6) is 0.883. The first-order valence-electron chi connectivity index (χ1n) is 6.26. The molecule has 2 rings (SSSR count). The van der Waals surface area contributed by atoms with Gasteiger partial charge in [0, 0.05) is 23.6 Å². The third kappa shape index (κ3) is 3.42. The summed E-state index contributed by atoms with van der Waals surface area (Å²) in [5.41, 5.74) is 3.12. The minimum atomic E-state index is 0.482. The number of halogens is 2. The summed E-state index contributed by atoms with van der Waals surface area (Å²) >= 11 is 7.04. The second kappa shape index (κ2) is 6.74. The van der Waals surface area contributed by atoms with Crippen LogP contribution in [0.3, 0.4) is 0 Å². The van der Waals surface area contributed by atoms with Crippen molar-refractivity contribution in [3.05, 3.63) is 44.1 Å². The molecule has 0 aliphatic rings. The number of nitrogens with zero attached hydrogens (tertiary/aromatic N) is 2. The Labute approximate surface area is 135 Å². The van der Waals surface area contributed by atoms with Crippen molar-refractivity contribution in [2.45, 2.75) is 20.1 Å². The first-order valence-corrected chi connectivity index (χ1v) is 7.85. The molecule has 0 saturated carbocycles. The summed E-state index contributed by atoms with van der Waals surface area (Å²) in [7, 11) is 3.85. The largest absolute Gasteiger partial charge is 0.487 e. The average molecular weight is 403 g/mol.